The summed E-state index contributed by atoms with van der Waals surface area (Å²) in [5, 5.41) is 2.65. The Bertz CT molecular complexity index is 346. The van der Waals surface area contributed by atoms with Crippen LogP contribution in [0.5, 0.6) is 0 Å². The average Bonchev–Trinajstić information content (AvgIpc) is 2.63. The number of nitrogens with one attached hydrogen (secondary N) is 1. The van der Waals surface area contributed by atoms with Gasteiger partial charge < -0.3 is 9.88 Å². The van der Waals surface area contributed by atoms with E-state index in [2.05, 4.69) is 10.3 Å². The minimum absolute atomic E-state index is 0.0109. The second-order valence-corrected chi connectivity index (χ2v) is 4.38. The molecule has 1 rings (SSSR count). The maximum atomic E-state index is 11.6. The zero-order chi connectivity index (χ0) is 11.5. The Labute approximate surface area is 94.6 Å². The van der Waals surface area contributed by atoms with Crippen LogP contribution in [0.1, 0.15) is 19.5 Å². The van der Waals surface area contributed by atoms with Crippen molar-refractivity contribution in [3.05, 3.63) is 18.2 Å². The second-order valence-electron chi connectivity index (χ2n) is 4.11. The first kappa shape index (κ1) is 12.0. The topological polar surface area (TPSA) is 46.9 Å². The van der Waals surface area contributed by atoms with Gasteiger partial charge in [-0.1, -0.05) is 0 Å². The number of alkyl halides is 1. The highest BCUT2D eigenvalue weighted by Crippen LogP contribution is 2.19. The molecule has 84 valence electrons. The normalized spacial score (nSPS) is 11.5. The average molecular weight is 230 g/mol. The number of hydrogen-bond donors (Lipinski definition) is 1. The molecule has 0 saturated heterocycles. The minimum atomic E-state index is -0.462. The summed E-state index contributed by atoms with van der Waals surface area (Å²) >= 11 is 5.75. The summed E-state index contributed by atoms with van der Waals surface area (Å²) in [4.78, 5) is 15.6. The molecule has 0 aliphatic carbocycles. The van der Waals surface area contributed by atoms with Crippen molar-refractivity contribution < 1.29 is 4.79 Å². The molecule has 0 bridgehead atoms. The van der Waals surface area contributed by atoms with Gasteiger partial charge in [-0.15, -0.1) is 11.6 Å². The Morgan fingerprint density at radius 2 is 2.33 bits per heavy atom. The summed E-state index contributed by atoms with van der Waals surface area (Å²) in [6.07, 6.45) is 3.41. The smallest absolute Gasteiger partial charge is 0.227 e. The fourth-order valence-corrected chi connectivity index (χ4v) is 1.66. The Morgan fingerprint density at radius 3 is 2.87 bits per heavy atom. The van der Waals surface area contributed by atoms with Gasteiger partial charge in [0, 0.05) is 19.8 Å². The quantitative estimate of drug-likeness (QED) is 0.794. The zero-order valence-corrected chi connectivity index (χ0v) is 10.0. The number of imidazole rings is 1. The third kappa shape index (κ3) is 2.72. The van der Waals surface area contributed by atoms with Crippen LogP contribution in [0.2, 0.25) is 0 Å². The van der Waals surface area contributed by atoms with E-state index < -0.39 is 5.41 Å². The highest BCUT2D eigenvalue weighted by molar-refractivity contribution is 6.16. The molecule has 0 radical (unpaired) electrons. The van der Waals surface area contributed by atoms with Crippen molar-refractivity contribution >= 4 is 17.5 Å². The Hall–Kier alpha value is -1.03. The number of amides is 1. The highest BCUT2D eigenvalue weighted by Gasteiger charge is 2.27. The van der Waals surface area contributed by atoms with E-state index in [1.807, 2.05) is 18.4 Å². The van der Waals surface area contributed by atoms with E-state index in [1.54, 1.807) is 19.6 Å². The maximum absolute atomic E-state index is 11.6. The molecule has 1 N–H and O–H groups in total. The molecule has 5 heteroatoms. The number of carbonyl (C=O) groups is 1. The van der Waals surface area contributed by atoms with Gasteiger partial charge in [-0.2, -0.15) is 0 Å². The SMILES string of the molecule is CNC(=O)C(C)(C)Cn1cncc1CCl. The molecule has 0 unspecified atom stereocenters. The van der Waals surface area contributed by atoms with Crippen LogP contribution in [0.15, 0.2) is 12.5 Å². The Morgan fingerprint density at radius 1 is 1.67 bits per heavy atom. The zero-order valence-electron chi connectivity index (χ0n) is 9.25. The van der Waals surface area contributed by atoms with Gasteiger partial charge in [0.15, 0.2) is 0 Å². The second kappa shape index (κ2) is 4.66. The van der Waals surface area contributed by atoms with Crippen LogP contribution < -0.4 is 5.32 Å². The monoisotopic (exact) mass is 229 g/mol. The molecule has 15 heavy (non-hydrogen) atoms. The van der Waals surface area contributed by atoms with Gasteiger partial charge in [-0.25, -0.2) is 4.98 Å². The molecule has 4 nitrogen and oxygen atoms in total. The van der Waals surface area contributed by atoms with Crippen molar-refractivity contribution in [3.63, 3.8) is 0 Å². The molecule has 0 aromatic carbocycles. The first-order valence-electron chi connectivity index (χ1n) is 4.78. The van der Waals surface area contributed by atoms with Crippen molar-refractivity contribution in [2.75, 3.05) is 7.05 Å². The molecule has 0 saturated carbocycles. The standard InChI is InChI=1S/C10H16ClN3O/c1-10(2,9(15)12-3)6-14-7-13-5-8(14)4-11/h5,7H,4,6H2,1-3H3,(H,12,15). The summed E-state index contributed by atoms with van der Waals surface area (Å²) in [6, 6.07) is 0. The number of hydrogen-bond acceptors (Lipinski definition) is 2. The third-order valence-corrected chi connectivity index (χ3v) is 2.62. The van der Waals surface area contributed by atoms with E-state index >= 15 is 0 Å². The van der Waals surface area contributed by atoms with E-state index in [1.165, 1.54) is 0 Å². The van der Waals surface area contributed by atoms with Crippen molar-refractivity contribution in [2.45, 2.75) is 26.3 Å². The van der Waals surface area contributed by atoms with Crippen LogP contribution >= 0.6 is 11.6 Å². The van der Waals surface area contributed by atoms with Gasteiger partial charge in [0.05, 0.1) is 23.3 Å². The first-order valence-corrected chi connectivity index (χ1v) is 5.32. The van der Waals surface area contributed by atoms with Crippen LogP contribution in [0.4, 0.5) is 0 Å². The highest BCUT2D eigenvalue weighted by atomic mass is 35.5. The summed E-state index contributed by atoms with van der Waals surface area (Å²) in [5.41, 5.74) is 0.463. The van der Waals surface area contributed by atoms with E-state index in [9.17, 15) is 4.79 Å². The van der Waals surface area contributed by atoms with Gasteiger partial charge in [0.2, 0.25) is 5.91 Å². The van der Waals surface area contributed by atoms with Crippen LogP contribution in [0, 0.1) is 5.41 Å². The fourth-order valence-electron chi connectivity index (χ4n) is 1.44. The number of carbonyl (C=O) groups excluding carboxylic acids is 1. The Kier molecular flexibility index (Phi) is 3.74. The predicted octanol–water partition coefficient (Wildman–Crippen LogP) is 1.39. The number of nitrogens with zero attached hydrogens (tertiary/aromatic N) is 2. The van der Waals surface area contributed by atoms with Crippen molar-refractivity contribution in [3.8, 4) is 0 Å². The van der Waals surface area contributed by atoms with Crippen LogP contribution in [-0.4, -0.2) is 22.5 Å². The summed E-state index contributed by atoms with van der Waals surface area (Å²) in [7, 11) is 1.64. The van der Waals surface area contributed by atoms with Gasteiger partial charge in [-0.3, -0.25) is 4.79 Å². The van der Waals surface area contributed by atoms with E-state index in [0.29, 0.717) is 12.4 Å². The minimum Gasteiger partial charge on any atom is -0.359 e. The molecule has 0 fully saturated rings. The van der Waals surface area contributed by atoms with Crippen LogP contribution in [0.25, 0.3) is 0 Å². The third-order valence-electron chi connectivity index (χ3n) is 2.34. The van der Waals surface area contributed by atoms with Crippen molar-refractivity contribution in [1.82, 2.24) is 14.9 Å². The number of rotatable bonds is 4. The first-order chi connectivity index (χ1) is 7.01. The van der Waals surface area contributed by atoms with E-state index in [-0.39, 0.29) is 5.91 Å². The molecule has 1 aromatic heterocycles. The molecule has 0 spiro atoms. The number of aromatic nitrogens is 2. The largest absolute Gasteiger partial charge is 0.359 e. The summed E-state index contributed by atoms with van der Waals surface area (Å²) < 4.78 is 1.90. The lowest BCUT2D eigenvalue weighted by molar-refractivity contribution is -0.129. The maximum Gasteiger partial charge on any atom is 0.227 e. The predicted molar refractivity (Wildman–Crippen MR) is 59.6 cm³/mol. The molecule has 0 atom stereocenters. The van der Waals surface area contributed by atoms with E-state index in [4.69, 9.17) is 11.6 Å². The summed E-state index contributed by atoms with van der Waals surface area (Å²) in [5.74, 6) is 0.417. The van der Waals surface area contributed by atoms with Gasteiger partial charge in [-0.05, 0) is 13.8 Å². The number of halogens is 1. The lowest BCUT2D eigenvalue weighted by Crippen LogP contribution is -2.37. The lowest BCUT2D eigenvalue weighted by atomic mass is 9.92. The van der Waals surface area contributed by atoms with Crippen LogP contribution in [-0.2, 0) is 17.2 Å². The molecule has 1 aromatic rings. The van der Waals surface area contributed by atoms with Crippen LogP contribution in [0.3, 0.4) is 0 Å². The summed E-state index contributed by atoms with van der Waals surface area (Å²) in [6.45, 7) is 4.36. The van der Waals surface area contributed by atoms with Crippen molar-refractivity contribution in [1.29, 1.82) is 0 Å². The molecule has 0 aliphatic rings. The Balaban J connectivity index is 2.81. The fraction of sp³-hybridized carbons (Fsp3) is 0.600. The lowest BCUT2D eigenvalue weighted by Gasteiger charge is -2.23. The molecule has 1 amide bonds. The van der Waals surface area contributed by atoms with E-state index in [0.717, 1.165) is 5.69 Å². The molecule has 0 aliphatic heterocycles. The molecule has 1 heterocycles. The van der Waals surface area contributed by atoms with Gasteiger partial charge >= 0.3 is 0 Å². The van der Waals surface area contributed by atoms with Crippen molar-refractivity contribution in [2.24, 2.45) is 5.41 Å². The van der Waals surface area contributed by atoms with Gasteiger partial charge in [0.1, 0.15) is 0 Å². The molecular weight excluding hydrogens is 214 g/mol. The van der Waals surface area contributed by atoms with Gasteiger partial charge in [0.25, 0.3) is 0 Å². The molecular formula is C10H16ClN3O.